The summed E-state index contributed by atoms with van der Waals surface area (Å²) in [5.41, 5.74) is 0.655. The van der Waals surface area contributed by atoms with Crippen molar-refractivity contribution < 1.29 is 9.15 Å². The Morgan fingerprint density at radius 3 is 2.95 bits per heavy atom. The predicted octanol–water partition coefficient (Wildman–Crippen LogP) is 2.97. The molecule has 0 radical (unpaired) electrons. The van der Waals surface area contributed by atoms with E-state index in [1.54, 1.807) is 25.3 Å². The summed E-state index contributed by atoms with van der Waals surface area (Å²) in [5.74, 6) is 1.22. The molecule has 20 heavy (non-hydrogen) atoms. The van der Waals surface area contributed by atoms with Gasteiger partial charge in [-0.2, -0.15) is 0 Å². The van der Waals surface area contributed by atoms with Crippen molar-refractivity contribution >= 4 is 23.3 Å². The second-order valence-electron chi connectivity index (χ2n) is 4.15. The Labute approximate surface area is 122 Å². The Balaban J connectivity index is 2.03. The summed E-state index contributed by atoms with van der Waals surface area (Å²) < 4.78 is 10.6. The molecule has 6 nitrogen and oxygen atoms in total. The second kappa shape index (κ2) is 7.12. The lowest BCUT2D eigenvalue weighted by Gasteiger charge is -2.06. The van der Waals surface area contributed by atoms with Gasteiger partial charge in [-0.05, 0) is 25.1 Å². The number of nitrogens with zero attached hydrogens (tertiary/aromatic N) is 2. The first-order chi connectivity index (χ1) is 9.72. The van der Waals surface area contributed by atoms with Crippen LogP contribution in [0.2, 0.25) is 5.02 Å². The summed E-state index contributed by atoms with van der Waals surface area (Å²) in [6, 6.07) is 5.58. The van der Waals surface area contributed by atoms with Gasteiger partial charge in [-0.15, -0.1) is 5.10 Å². The fourth-order valence-corrected chi connectivity index (χ4v) is 1.75. The third kappa shape index (κ3) is 3.85. The Hall–Kier alpha value is -1.79. The van der Waals surface area contributed by atoms with Gasteiger partial charge < -0.3 is 19.8 Å². The summed E-state index contributed by atoms with van der Waals surface area (Å²) in [4.78, 5) is 0. The molecule has 1 heterocycles. The highest BCUT2D eigenvalue weighted by Gasteiger charge is 2.09. The first-order valence-electron chi connectivity index (χ1n) is 6.36. The molecule has 0 atom stereocenters. The molecule has 7 heteroatoms. The molecule has 2 N–H and O–H groups in total. The van der Waals surface area contributed by atoms with Crippen LogP contribution in [0, 0.1) is 0 Å². The van der Waals surface area contributed by atoms with E-state index in [1.807, 2.05) is 0 Å². The molecule has 0 saturated carbocycles. The lowest BCUT2D eigenvalue weighted by molar-refractivity contribution is 0.415. The number of hydrogen-bond acceptors (Lipinski definition) is 6. The molecule has 2 rings (SSSR count). The number of ether oxygens (including phenoxy) is 1. The molecule has 0 fully saturated rings. The van der Waals surface area contributed by atoms with Gasteiger partial charge in [0.05, 0.1) is 24.4 Å². The fraction of sp³-hybridized carbons (Fsp3) is 0.385. The molecule has 0 saturated heterocycles. The predicted molar refractivity (Wildman–Crippen MR) is 77.6 cm³/mol. The van der Waals surface area contributed by atoms with Gasteiger partial charge in [0.25, 0.3) is 0 Å². The van der Waals surface area contributed by atoms with E-state index in [4.69, 9.17) is 20.8 Å². The lowest BCUT2D eigenvalue weighted by atomic mass is 10.3. The van der Waals surface area contributed by atoms with Crippen molar-refractivity contribution in [3.05, 3.63) is 29.1 Å². The van der Waals surface area contributed by atoms with Crippen molar-refractivity contribution in [3.63, 3.8) is 0 Å². The van der Waals surface area contributed by atoms with Gasteiger partial charge >= 0.3 is 6.01 Å². The van der Waals surface area contributed by atoms with Crippen molar-refractivity contribution in [1.29, 1.82) is 0 Å². The standard InChI is InChI=1S/C13H17ClN4O2/c1-3-6-15-8-12-17-18-13(20-12)16-11-7-9(19-2)4-5-10(11)14/h4-5,7,15H,3,6,8H2,1-2H3,(H,16,18). The monoisotopic (exact) mass is 296 g/mol. The third-order valence-corrected chi connectivity index (χ3v) is 2.91. The Morgan fingerprint density at radius 2 is 2.20 bits per heavy atom. The van der Waals surface area contributed by atoms with E-state index < -0.39 is 0 Å². The van der Waals surface area contributed by atoms with Gasteiger partial charge in [0.2, 0.25) is 5.89 Å². The molecule has 0 aliphatic rings. The smallest absolute Gasteiger partial charge is 0.320 e. The van der Waals surface area contributed by atoms with E-state index >= 15 is 0 Å². The highest BCUT2D eigenvalue weighted by atomic mass is 35.5. The molecule has 1 aromatic heterocycles. The fourth-order valence-electron chi connectivity index (χ4n) is 1.59. The number of aromatic nitrogens is 2. The number of halogens is 1. The summed E-state index contributed by atoms with van der Waals surface area (Å²) in [6.07, 6.45) is 1.05. The molecule has 0 aliphatic carbocycles. The van der Waals surface area contributed by atoms with Crippen molar-refractivity contribution in [1.82, 2.24) is 15.5 Å². The highest BCUT2D eigenvalue weighted by Crippen LogP contribution is 2.28. The maximum Gasteiger partial charge on any atom is 0.320 e. The third-order valence-electron chi connectivity index (χ3n) is 2.58. The van der Waals surface area contributed by atoms with E-state index in [9.17, 15) is 0 Å². The molecule has 0 aliphatic heterocycles. The van der Waals surface area contributed by atoms with E-state index in [2.05, 4.69) is 27.8 Å². The van der Waals surface area contributed by atoms with Gasteiger partial charge in [0.1, 0.15) is 5.75 Å². The first kappa shape index (κ1) is 14.6. The number of hydrogen-bond donors (Lipinski definition) is 2. The van der Waals surface area contributed by atoms with Gasteiger partial charge in [0.15, 0.2) is 0 Å². The van der Waals surface area contributed by atoms with Crippen molar-refractivity contribution in [2.45, 2.75) is 19.9 Å². The van der Waals surface area contributed by atoms with Crippen LogP contribution in [0.4, 0.5) is 11.7 Å². The molecule has 0 bridgehead atoms. The van der Waals surface area contributed by atoms with Crippen molar-refractivity contribution in [2.75, 3.05) is 19.0 Å². The summed E-state index contributed by atoms with van der Waals surface area (Å²) >= 11 is 6.09. The molecular formula is C13H17ClN4O2. The zero-order valence-electron chi connectivity index (χ0n) is 11.4. The molecule has 108 valence electrons. The van der Waals surface area contributed by atoms with Crippen LogP contribution in [-0.4, -0.2) is 23.9 Å². The van der Waals surface area contributed by atoms with Crippen molar-refractivity contribution in [2.24, 2.45) is 0 Å². The van der Waals surface area contributed by atoms with E-state index in [-0.39, 0.29) is 0 Å². The average Bonchev–Trinajstić information content (AvgIpc) is 2.89. The van der Waals surface area contributed by atoms with Crippen LogP contribution in [0.15, 0.2) is 22.6 Å². The quantitative estimate of drug-likeness (QED) is 0.765. The number of nitrogens with one attached hydrogen (secondary N) is 2. The summed E-state index contributed by atoms with van der Waals surface area (Å²) in [6.45, 7) is 3.56. The van der Waals surface area contributed by atoms with Crippen molar-refractivity contribution in [3.8, 4) is 5.75 Å². The van der Waals surface area contributed by atoms with Gasteiger partial charge in [-0.25, -0.2) is 0 Å². The first-order valence-corrected chi connectivity index (χ1v) is 6.74. The Morgan fingerprint density at radius 1 is 1.35 bits per heavy atom. The molecular weight excluding hydrogens is 280 g/mol. The molecule has 2 aromatic rings. The SMILES string of the molecule is CCCNCc1nnc(Nc2cc(OC)ccc2Cl)o1. The number of anilines is 2. The number of benzene rings is 1. The molecule has 0 spiro atoms. The zero-order valence-corrected chi connectivity index (χ0v) is 12.2. The van der Waals surface area contributed by atoms with Gasteiger partial charge in [0, 0.05) is 6.07 Å². The van der Waals surface area contributed by atoms with Crippen LogP contribution >= 0.6 is 11.6 Å². The number of methoxy groups -OCH3 is 1. The van der Waals surface area contributed by atoms with Crippen LogP contribution in [0.25, 0.3) is 0 Å². The lowest BCUT2D eigenvalue weighted by Crippen LogP contribution is -2.13. The Kier molecular flexibility index (Phi) is 5.20. The van der Waals surface area contributed by atoms with E-state index in [0.717, 1.165) is 13.0 Å². The van der Waals surface area contributed by atoms with Crippen LogP contribution in [0.5, 0.6) is 5.75 Å². The van der Waals surface area contributed by atoms with Crippen LogP contribution in [0.3, 0.4) is 0 Å². The topological polar surface area (TPSA) is 72.2 Å². The second-order valence-corrected chi connectivity index (χ2v) is 4.56. The van der Waals surface area contributed by atoms with Crippen LogP contribution in [0.1, 0.15) is 19.2 Å². The highest BCUT2D eigenvalue weighted by molar-refractivity contribution is 6.33. The number of rotatable bonds is 7. The zero-order chi connectivity index (χ0) is 14.4. The molecule has 1 aromatic carbocycles. The van der Waals surface area contributed by atoms with Crippen LogP contribution < -0.4 is 15.4 Å². The molecule has 0 amide bonds. The van der Waals surface area contributed by atoms with E-state index in [1.165, 1.54) is 0 Å². The maximum atomic E-state index is 6.09. The maximum absolute atomic E-state index is 6.09. The average molecular weight is 297 g/mol. The minimum atomic E-state index is 0.299. The normalized spacial score (nSPS) is 10.6. The van der Waals surface area contributed by atoms with Crippen LogP contribution in [-0.2, 0) is 6.54 Å². The van der Waals surface area contributed by atoms with Gasteiger partial charge in [-0.3, -0.25) is 0 Å². The summed E-state index contributed by atoms with van der Waals surface area (Å²) in [7, 11) is 1.59. The van der Waals surface area contributed by atoms with E-state index in [0.29, 0.717) is 34.9 Å². The summed E-state index contributed by atoms with van der Waals surface area (Å²) in [5, 5.41) is 14.6. The molecule has 0 unspecified atom stereocenters. The van der Waals surface area contributed by atoms with Gasteiger partial charge in [-0.1, -0.05) is 23.6 Å². The largest absolute Gasteiger partial charge is 0.497 e. The minimum absolute atomic E-state index is 0.299. The minimum Gasteiger partial charge on any atom is -0.497 e. The Bertz CT molecular complexity index is 559.